The van der Waals surface area contributed by atoms with E-state index in [1.807, 2.05) is 31.2 Å². The third-order valence-corrected chi connectivity index (χ3v) is 5.12. The molecule has 2 N–H and O–H groups in total. The van der Waals surface area contributed by atoms with Gasteiger partial charge in [-0.25, -0.2) is 0 Å². The molecule has 1 aromatic rings. The van der Waals surface area contributed by atoms with Crippen molar-refractivity contribution in [2.45, 2.75) is 64.7 Å². The predicted molar refractivity (Wildman–Crippen MR) is 99.6 cm³/mol. The third-order valence-electron chi connectivity index (χ3n) is 5.12. The zero-order valence-electron chi connectivity index (χ0n) is 15.5. The summed E-state index contributed by atoms with van der Waals surface area (Å²) in [5, 5.41) is 14.2. The van der Waals surface area contributed by atoms with Gasteiger partial charge in [0.1, 0.15) is 18.0 Å². The van der Waals surface area contributed by atoms with Gasteiger partial charge in [-0.05, 0) is 70.4 Å². The second kappa shape index (κ2) is 10.0. The quantitative estimate of drug-likeness (QED) is 0.682. The molecule has 1 aliphatic rings. The summed E-state index contributed by atoms with van der Waals surface area (Å²) in [6.07, 6.45) is 3.62. The van der Waals surface area contributed by atoms with Crippen LogP contribution in [0.4, 0.5) is 0 Å². The van der Waals surface area contributed by atoms with E-state index in [9.17, 15) is 5.11 Å². The molecule has 0 aliphatic heterocycles. The molecule has 1 fully saturated rings. The normalized spacial score (nSPS) is 24.3. The number of benzene rings is 1. The Kier molecular flexibility index (Phi) is 8.03. The first kappa shape index (κ1) is 19.2. The van der Waals surface area contributed by atoms with Gasteiger partial charge in [-0.15, -0.1) is 0 Å². The maximum Gasteiger partial charge on any atom is 0.126 e. The summed E-state index contributed by atoms with van der Waals surface area (Å²) in [5.74, 6) is 0.892. The molecule has 0 bridgehead atoms. The zero-order valence-corrected chi connectivity index (χ0v) is 15.5. The lowest BCUT2D eigenvalue weighted by molar-refractivity contribution is -0.0156. The van der Waals surface area contributed by atoms with E-state index in [4.69, 9.17) is 4.74 Å². The minimum absolute atomic E-state index is 0.111. The zero-order chi connectivity index (χ0) is 17.4. The highest BCUT2D eigenvalue weighted by Gasteiger charge is 2.33. The van der Waals surface area contributed by atoms with Crippen molar-refractivity contribution in [3.8, 4) is 5.75 Å². The van der Waals surface area contributed by atoms with E-state index in [1.165, 1.54) is 0 Å². The van der Waals surface area contributed by atoms with Gasteiger partial charge in [0, 0.05) is 6.04 Å². The van der Waals surface area contributed by atoms with E-state index in [0.29, 0.717) is 0 Å². The highest BCUT2D eigenvalue weighted by molar-refractivity contribution is 5.32. The third kappa shape index (κ3) is 5.47. The molecule has 4 nitrogen and oxygen atoms in total. The van der Waals surface area contributed by atoms with Crippen LogP contribution < -0.4 is 10.1 Å². The van der Waals surface area contributed by atoms with Crippen LogP contribution in [0.1, 0.15) is 45.1 Å². The molecule has 0 amide bonds. The molecule has 0 spiro atoms. The highest BCUT2D eigenvalue weighted by atomic mass is 16.5. The van der Waals surface area contributed by atoms with Gasteiger partial charge in [-0.2, -0.15) is 0 Å². The van der Waals surface area contributed by atoms with Gasteiger partial charge in [0.05, 0.1) is 0 Å². The molecule has 1 saturated carbocycles. The van der Waals surface area contributed by atoms with Gasteiger partial charge in [-0.3, -0.25) is 0 Å². The van der Waals surface area contributed by atoms with E-state index >= 15 is 0 Å². The van der Waals surface area contributed by atoms with Crippen LogP contribution in [-0.2, 0) is 0 Å². The molecule has 1 aliphatic carbocycles. The van der Waals surface area contributed by atoms with Crippen molar-refractivity contribution in [3.63, 3.8) is 0 Å². The largest absolute Gasteiger partial charge is 0.487 e. The molecule has 0 radical (unpaired) electrons. The lowest BCUT2D eigenvalue weighted by Gasteiger charge is -2.35. The SMILES string of the molecule is CCN(CC)CCCN[C@H]1CCC[C@@H](Oc2ccccc2C)[C@@H]1O. The maximum absolute atomic E-state index is 10.7. The summed E-state index contributed by atoms with van der Waals surface area (Å²) in [4.78, 5) is 2.43. The minimum atomic E-state index is -0.438. The second-order valence-electron chi connectivity index (χ2n) is 6.78. The van der Waals surface area contributed by atoms with E-state index in [2.05, 4.69) is 24.1 Å². The van der Waals surface area contributed by atoms with E-state index in [0.717, 1.165) is 63.2 Å². The molecular formula is C20H34N2O2. The molecule has 2 rings (SSSR count). The fourth-order valence-electron chi connectivity index (χ4n) is 3.47. The van der Waals surface area contributed by atoms with E-state index in [1.54, 1.807) is 0 Å². The fourth-order valence-corrected chi connectivity index (χ4v) is 3.47. The van der Waals surface area contributed by atoms with Crippen LogP contribution >= 0.6 is 0 Å². The monoisotopic (exact) mass is 334 g/mol. The van der Waals surface area contributed by atoms with Gasteiger partial charge in [-0.1, -0.05) is 32.0 Å². The average molecular weight is 335 g/mol. The lowest BCUT2D eigenvalue weighted by Crippen LogP contribution is -2.51. The first-order chi connectivity index (χ1) is 11.7. The van der Waals surface area contributed by atoms with Crippen molar-refractivity contribution >= 4 is 0 Å². The number of para-hydroxylation sites is 1. The first-order valence-electron chi connectivity index (χ1n) is 9.51. The van der Waals surface area contributed by atoms with Crippen LogP contribution in [0.15, 0.2) is 24.3 Å². The van der Waals surface area contributed by atoms with Crippen molar-refractivity contribution in [2.75, 3.05) is 26.2 Å². The Hall–Kier alpha value is -1.10. The van der Waals surface area contributed by atoms with Gasteiger partial charge in [0.25, 0.3) is 0 Å². The Balaban J connectivity index is 1.79. The Morgan fingerprint density at radius 1 is 1.21 bits per heavy atom. The van der Waals surface area contributed by atoms with Crippen LogP contribution in [0.3, 0.4) is 0 Å². The highest BCUT2D eigenvalue weighted by Crippen LogP contribution is 2.26. The van der Waals surface area contributed by atoms with Gasteiger partial charge in [0.2, 0.25) is 0 Å². The van der Waals surface area contributed by atoms with Crippen molar-refractivity contribution in [1.29, 1.82) is 0 Å². The van der Waals surface area contributed by atoms with Crippen LogP contribution in [0.2, 0.25) is 0 Å². The second-order valence-corrected chi connectivity index (χ2v) is 6.78. The average Bonchev–Trinajstić information content (AvgIpc) is 2.60. The number of nitrogens with zero attached hydrogens (tertiary/aromatic N) is 1. The summed E-state index contributed by atoms with van der Waals surface area (Å²) in [5.41, 5.74) is 1.12. The molecule has 4 heteroatoms. The molecule has 24 heavy (non-hydrogen) atoms. The minimum Gasteiger partial charge on any atom is -0.487 e. The van der Waals surface area contributed by atoms with Gasteiger partial charge in [0.15, 0.2) is 0 Å². The molecule has 1 aromatic carbocycles. The van der Waals surface area contributed by atoms with Gasteiger partial charge >= 0.3 is 0 Å². The van der Waals surface area contributed by atoms with Crippen LogP contribution in [0.25, 0.3) is 0 Å². The van der Waals surface area contributed by atoms with Crippen LogP contribution in [-0.4, -0.2) is 54.4 Å². The molecular weight excluding hydrogens is 300 g/mol. The standard InChI is InChI=1S/C20H34N2O2/c1-4-22(5-2)15-9-14-21-17-11-8-13-19(20(17)23)24-18-12-7-6-10-16(18)3/h6-7,10,12,17,19-21,23H,4-5,8-9,11,13-15H2,1-3H3/t17-,19+,20+/m0/s1. The molecule has 0 heterocycles. The van der Waals surface area contributed by atoms with E-state index < -0.39 is 6.10 Å². The summed E-state index contributed by atoms with van der Waals surface area (Å²) in [6, 6.07) is 8.18. The Morgan fingerprint density at radius 3 is 2.67 bits per heavy atom. The summed E-state index contributed by atoms with van der Waals surface area (Å²) in [7, 11) is 0. The number of ether oxygens (including phenoxy) is 1. The molecule has 0 unspecified atom stereocenters. The molecule has 0 saturated heterocycles. The van der Waals surface area contributed by atoms with Crippen molar-refractivity contribution < 1.29 is 9.84 Å². The Labute approximate surface area is 147 Å². The number of aryl methyl sites for hydroxylation is 1. The maximum atomic E-state index is 10.7. The first-order valence-corrected chi connectivity index (χ1v) is 9.51. The van der Waals surface area contributed by atoms with Crippen LogP contribution in [0, 0.1) is 6.92 Å². The number of rotatable bonds is 9. The number of aliphatic hydroxyl groups excluding tert-OH is 1. The Morgan fingerprint density at radius 2 is 1.96 bits per heavy atom. The summed E-state index contributed by atoms with van der Waals surface area (Å²) in [6.45, 7) is 10.7. The topological polar surface area (TPSA) is 44.7 Å². The van der Waals surface area contributed by atoms with Crippen molar-refractivity contribution in [1.82, 2.24) is 10.2 Å². The lowest BCUT2D eigenvalue weighted by atomic mass is 9.89. The number of nitrogens with one attached hydrogen (secondary N) is 1. The van der Waals surface area contributed by atoms with Crippen molar-refractivity contribution in [2.24, 2.45) is 0 Å². The van der Waals surface area contributed by atoms with Gasteiger partial charge < -0.3 is 20.1 Å². The number of hydrogen-bond donors (Lipinski definition) is 2. The predicted octanol–water partition coefficient (Wildman–Crippen LogP) is 2.98. The molecule has 136 valence electrons. The molecule has 0 aromatic heterocycles. The summed E-state index contributed by atoms with van der Waals surface area (Å²) < 4.78 is 6.11. The Bertz CT molecular complexity index is 476. The smallest absolute Gasteiger partial charge is 0.126 e. The number of hydrogen-bond acceptors (Lipinski definition) is 4. The van der Waals surface area contributed by atoms with E-state index in [-0.39, 0.29) is 12.1 Å². The summed E-state index contributed by atoms with van der Waals surface area (Å²) >= 11 is 0. The fraction of sp³-hybridized carbons (Fsp3) is 0.700. The van der Waals surface area contributed by atoms with Crippen molar-refractivity contribution in [3.05, 3.63) is 29.8 Å². The van der Waals surface area contributed by atoms with Crippen LogP contribution in [0.5, 0.6) is 5.75 Å². The molecule has 3 atom stereocenters. The number of aliphatic hydroxyl groups is 1.